The van der Waals surface area contributed by atoms with Crippen LogP contribution in [0.1, 0.15) is 46.0 Å². The molecule has 3 nitrogen and oxygen atoms in total. The molecule has 3 heteroatoms. The van der Waals surface area contributed by atoms with Gasteiger partial charge in [0.15, 0.2) is 0 Å². The van der Waals surface area contributed by atoms with Crippen molar-refractivity contribution in [2.75, 3.05) is 19.7 Å². The molecule has 2 unspecified atom stereocenters. The second-order valence-electron chi connectivity index (χ2n) is 6.15. The van der Waals surface area contributed by atoms with Crippen LogP contribution in [0.4, 0.5) is 0 Å². The Bertz CT molecular complexity index is 228. The van der Waals surface area contributed by atoms with Gasteiger partial charge in [0.1, 0.15) is 0 Å². The maximum absolute atomic E-state index is 8.96. The third-order valence-electron chi connectivity index (χ3n) is 4.11. The fourth-order valence-corrected chi connectivity index (χ4v) is 2.96. The van der Waals surface area contributed by atoms with Gasteiger partial charge in [-0.25, -0.2) is 0 Å². The van der Waals surface area contributed by atoms with Gasteiger partial charge in [-0.2, -0.15) is 0 Å². The number of hydrogen-bond donors (Lipinski definition) is 2. The van der Waals surface area contributed by atoms with Gasteiger partial charge in [-0.3, -0.25) is 4.90 Å². The SMILES string of the molecule is CC(C)N1CC(CCCO)CC(NC2CC2)C1. The van der Waals surface area contributed by atoms with E-state index in [1.807, 2.05) is 0 Å². The molecule has 0 amide bonds. The Morgan fingerprint density at radius 3 is 2.59 bits per heavy atom. The van der Waals surface area contributed by atoms with Gasteiger partial charge in [0, 0.05) is 37.8 Å². The van der Waals surface area contributed by atoms with Gasteiger partial charge in [-0.15, -0.1) is 0 Å². The van der Waals surface area contributed by atoms with Crippen molar-refractivity contribution in [2.45, 2.75) is 64.1 Å². The molecule has 0 aromatic carbocycles. The van der Waals surface area contributed by atoms with E-state index in [9.17, 15) is 0 Å². The van der Waals surface area contributed by atoms with Crippen molar-refractivity contribution in [1.29, 1.82) is 0 Å². The van der Waals surface area contributed by atoms with Crippen LogP contribution in [0, 0.1) is 5.92 Å². The monoisotopic (exact) mass is 240 g/mol. The minimum absolute atomic E-state index is 0.346. The van der Waals surface area contributed by atoms with Gasteiger partial charge in [0.25, 0.3) is 0 Å². The lowest BCUT2D eigenvalue weighted by Crippen LogP contribution is -2.51. The van der Waals surface area contributed by atoms with E-state index in [0.717, 1.165) is 18.4 Å². The predicted molar refractivity (Wildman–Crippen MR) is 71.1 cm³/mol. The third kappa shape index (κ3) is 4.23. The minimum Gasteiger partial charge on any atom is -0.396 e. The lowest BCUT2D eigenvalue weighted by molar-refractivity contribution is 0.102. The quantitative estimate of drug-likeness (QED) is 0.740. The molecular weight excluding hydrogens is 212 g/mol. The molecule has 2 atom stereocenters. The topological polar surface area (TPSA) is 35.5 Å². The summed E-state index contributed by atoms with van der Waals surface area (Å²) in [7, 11) is 0. The molecule has 2 fully saturated rings. The zero-order valence-corrected chi connectivity index (χ0v) is 11.4. The number of likely N-dealkylation sites (tertiary alicyclic amines) is 1. The van der Waals surface area contributed by atoms with Crippen molar-refractivity contribution >= 4 is 0 Å². The summed E-state index contributed by atoms with van der Waals surface area (Å²) in [6.45, 7) is 7.37. The first-order valence-corrected chi connectivity index (χ1v) is 7.30. The highest BCUT2D eigenvalue weighted by atomic mass is 16.2. The molecule has 17 heavy (non-hydrogen) atoms. The van der Waals surface area contributed by atoms with Gasteiger partial charge in [-0.1, -0.05) is 0 Å². The van der Waals surface area contributed by atoms with E-state index in [2.05, 4.69) is 24.1 Å². The molecule has 2 aliphatic rings. The van der Waals surface area contributed by atoms with Crippen molar-refractivity contribution in [2.24, 2.45) is 5.92 Å². The summed E-state index contributed by atoms with van der Waals surface area (Å²) in [4.78, 5) is 2.60. The van der Waals surface area contributed by atoms with Crippen LogP contribution >= 0.6 is 0 Å². The molecule has 1 saturated heterocycles. The standard InChI is InChI=1S/C14H28N2O/c1-11(2)16-9-12(4-3-7-17)8-14(10-16)15-13-5-6-13/h11-15,17H,3-10H2,1-2H3. The number of nitrogens with one attached hydrogen (secondary N) is 1. The van der Waals surface area contributed by atoms with Crippen LogP contribution in [-0.2, 0) is 0 Å². The van der Waals surface area contributed by atoms with Crippen LogP contribution in [0.2, 0.25) is 0 Å². The summed E-state index contributed by atoms with van der Waals surface area (Å²) in [5.74, 6) is 0.773. The van der Waals surface area contributed by atoms with E-state index in [1.165, 1.54) is 38.8 Å². The van der Waals surface area contributed by atoms with E-state index in [0.29, 0.717) is 18.7 Å². The fraction of sp³-hybridized carbons (Fsp3) is 1.00. The maximum Gasteiger partial charge on any atom is 0.0431 e. The van der Waals surface area contributed by atoms with Crippen LogP contribution in [-0.4, -0.2) is 47.8 Å². The normalized spacial score (nSPS) is 31.1. The molecule has 0 bridgehead atoms. The Balaban J connectivity index is 1.84. The largest absolute Gasteiger partial charge is 0.396 e. The van der Waals surface area contributed by atoms with E-state index < -0.39 is 0 Å². The summed E-state index contributed by atoms with van der Waals surface area (Å²) < 4.78 is 0. The first-order chi connectivity index (χ1) is 8.19. The summed E-state index contributed by atoms with van der Waals surface area (Å²) in [5.41, 5.74) is 0. The Hall–Kier alpha value is -0.120. The summed E-state index contributed by atoms with van der Waals surface area (Å²) in [5, 5.41) is 12.7. The van der Waals surface area contributed by atoms with Crippen molar-refractivity contribution in [3.8, 4) is 0 Å². The Labute approximate surface area is 106 Å². The summed E-state index contributed by atoms with van der Waals surface area (Å²) in [6.07, 6.45) is 6.20. The van der Waals surface area contributed by atoms with E-state index in [4.69, 9.17) is 5.11 Å². The Morgan fingerprint density at radius 1 is 1.24 bits per heavy atom. The molecule has 1 saturated carbocycles. The lowest BCUT2D eigenvalue weighted by Gasteiger charge is -2.40. The summed E-state index contributed by atoms with van der Waals surface area (Å²) in [6, 6.07) is 2.14. The average molecular weight is 240 g/mol. The predicted octanol–water partition coefficient (Wildman–Crippen LogP) is 1.61. The van der Waals surface area contributed by atoms with Crippen LogP contribution in [0.25, 0.3) is 0 Å². The number of aliphatic hydroxyl groups excluding tert-OH is 1. The third-order valence-corrected chi connectivity index (χ3v) is 4.11. The molecule has 1 aliphatic carbocycles. The number of nitrogens with zero attached hydrogens (tertiary/aromatic N) is 1. The molecule has 0 radical (unpaired) electrons. The first-order valence-electron chi connectivity index (χ1n) is 7.30. The van der Waals surface area contributed by atoms with Crippen LogP contribution in [0.15, 0.2) is 0 Å². The molecule has 0 aromatic rings. The average Bonchev–Trinajstić information content (AvgIpc) is 3.10. The smallest absolute Gasteiger partial charge is 0.0431 e. The van der Waals surface area contributed by atoms with Gasteiger partial charge in [-0.05, 0) is 51.9 Å². The van der Waals surface area contributed by atoms with Crippen LogP contribution < -0.4 is 5.32 Å². The molecule has 2 N–H and O–H groups in total. The van der Waals surface area contributed by atoms with Crippen LogP contribution in [0.5, 0.6) is 0 Å². The van der Waals surface area contributed by atoms with Crippen molar-refractivity contribution < 1.29 is 5.11 Å². The maximum atomic E-state index is 8.96. The number of piperidine rings is 1. The van der Waals surface area contributed by atoms with Gasteiger partial charge in [0.2, 0.25) is 0 Å². The zero-order chi connectivity index (χ0) is 12.3. The molecule has 100 valence electrons. The second kappa shape index (κ2) is 6.17. The van der Waals surface area contributed by atoms with E-state index in [-0.39, 0.29) is 0 Å². The molecule has 2 rings (SSSR count). The number of hydrogen-bond acceptors (Lipinski definition) is 3. The fourth-order valence-electron chi connectivity index (χ4n) is 2.96. The van der Waals surface area contributed by atoms with Crippen molar-refractivity contribution in [1.82, 2.24) is 10.2 Å². The summed E-state index contributed by atoms with van der Waals surface area (Å²) >= 11 is 0. The van der Waals surface area contributed by atoms with E-state index in [1.54, 1.807) is 0 Å². The Morgan fingerprint density at radius 2 is 2.00 bits per heavy atom. The Kier molecular flexibility index (Phi) is 4.83. The van der Waals surface area contributed by atoms with Gasteiger partial charge in [0.05, 0.1) is 0 Å². The highest BCUT2D eigenvalue weighted by Gasteiger charge is 2.31. The van der Waals surface area contributed by atoms with Gasteiger partial charge >= 0.3 is 0 Å². The molecule has 0 aromatic heterocycles. The molecular formula is C14H28N2O. The first kappa shape index (κ1) is 13.3. The highest BCUT2D eigenvalue weighted by molar-refractivity contribution is 4.90. The van der Waals surface area contributed by atoms with Gasteiger partial charge < -0.3 is 10.4 Å². The molecule has 0 spiro atoms. The highest BCUT2D eigenvalue weighted by Crippen LogP contribution is 2.26. The molecule has 1 heterocycles. The second-order valence-corrected chi connectivity index (χ2v) is 6.15. The van der Waals surface area contributed by atoms with Crippen molar-refractivity contribution in [3.05, 3.63) is 0 Å². The van der Waals surface area contributed by atoms with Crippen molar-refractivity contribution in [3.63, 3.8) is 0 Å². The molecule has 1 aliphatic heterocycles. The van der Waals surface area contributed by atoms with E-state index >= 15 is 0 Å². The number of rotatable bonds is 6. The zero-order valence-electron chi connectivity index (χ0n) is 11.4. The lowest BCUT2D eigenvalue weighted by atomic mass is 9.89. The minimum atomic E-state index is 0.346. The number of aliphatic hydroxyl groups is 1. The van der Waals surface area contributed by atoms with Crippen LogP contribution in [0.3, 0.4) is 0 Å².